The van der Waals surface area contributed by atoms with Crippen LogP contribution in [-0.2, 0) is 21.8 Å². The van der Waals surface area contributed by atoms with Gasteiger partial charge < -0.3 is 10.3 Å². The molecule has 2 heterocycles. The van der Waals surface area contributed by atoms with Crippen molar-refractivity contribution in [3.63, 3.8) is 0 Å². The normalized spacial score (nSPS) is 24.3. The zero-order valence-corrected chi connectivity index (χ0v) is 11.9. The number of rotatable bonds is 2. The maximum Gasteiger partial charge on any atom is 0.226 e. The van der Waals surface area contributed by atoms with Crippen LogP contribution in [0.15, 0.2) is 33.7 Å². The summed E-state index contributed by atoms with van der Waals surface area (Å²) >= 11 is 0. The lowest BCUT2D eigenvalue weighted by Crippen LogP contribution is -2.45. The van der Waals surface area contributed by atoms with Crippen molar-refractivity contribution in [1.82, 2.24) is 10.1 Å². The van der Waals surface area contributed by atoms with Crippen molar-refractivity contribution < 1.29 is 12.9 Å². The maximum absolute atomic E-state index is 12.1. The highest BCUT2D eigenvalue weighted by atomic mass is 32.2. The highest BCUT2D eigenvalue weighted by molar-refractivity contribution is 7.91. The molecule has 20 heavy (non-hydrogen) atoms. The molecule has 1 aromatic carbocycles. The Kier molecular flexibility index (Phi) is 2.91. The number of hydrogen-bond acceptors (Lipinski definition) is 6. The Bertz CT molecular complexity index is 754. The SMILES string of the molecule is CCc1nc(C2(N)CCS(=O)(=O)c3ccccc32)no1. The van der Waals surface area contributed by atoms with Gasteiger partial charge in [-0.15, -0.1) is 0 Å². The van der Waals surface area contributed by atoms with Gasteiger partial charge in [0, 0.05) is 6.42 Å². The van der Waals surface area contributed by atoms with Gasteiger partial charge in [-0.25, -0.2) is 8.42 Å². The predicted octanol–water partition coefficient (Wildman–Crippen LogP) is 1.01. The smallest absolute Gasteiger partial charge is 0.226 e. The van der Waals surface area contributed by atoms with E-state index in [2.05, 4.69) is 10.1 Å². The van der Waals surface area contributed by atoms with E-state index >= 15 is 0 Å². The molecular formula is C13H15N3O3S. The van der Waals surface area contributed by atoms with Crippen LogP contribution in [0.1, 0.15) is 30.6 Å². The Morgan fingerprint density at radius 2 is 2.15 bits per heavy atom. The van der Waals surface area contributed by atoms with Crippen LogP contribution in [0.3, 0.4) is 0 Å². The van der Waals surface area contributed by atoms with Crippen LogP contribution in [0, 0.1) is 0 Å². The third kappa shape index (κ3) is 1.85. The molecule has 6 nitrogen and oxygen atoms in total. The van der Waals surface area contributed by atoms with Crippen LogP contribution >= 0.6 is 0 Å². The molecule has 106 valence electrons. The van der Waals surface area contributed by atoms with E-state index in [1.54, 1.807) is 24.3 Å². The molecule has 0 fully saturated rings. The summed E-state index contributed by atoms with van der Waals surface area (Å²) in [5.74, 6) is 0.823. The van der Waals surface area contributed by atoms with Crippen molar-refractivity contribution in [2.45, 2.75) is 30.2 Å². The Hall–Kier alpha value is -1.73. The number of fused-ring (bicyclic) bond motifs is 1. The van der Waals surface area contributed by atoms with Crippen molar-refractivity contribution >= 4 is 9.84 Å². The van der Waals surface area contributed by atoms with Crippen LogP contribution in [0.2, 0.25) is 0 Å². The van der Waals surface area contributed by atoms with Crippen molar-refractivity contribution in [3.05, 3.63) is 41.5 Å². The number of benzene rings is 1. The van der Waals surface area contributed by atoms with Crippen molar-refractivity contribution in [1.29, 1.82) is 0 Å². The third-order valence-corrected chi connectivity index (χ3v) is 5.41. The van der Waals surface area contributed by atoms with E-state index in [-0.39, 0.29) is 17.1 Å². The minimum Gasteiger partial charge on any atom is -0.339 e. The van der Waals surface area contributed by atoms with Gasteiger partial charge in [0.25, 0.3) is 0 Å². The zero-order chi connectivity index (χ0) is 14.4. The van der Waals surface area contributed by atoms with E-state index in [0.717, 1.165) is 0 Å². The molecule has 1 atom stereocenters. The second kappa shape index (κ2) is 4.39. The highest BCUT2D eigenvalue weighted by Gasteiger charge is 2.43. The van der Waals surface area contributed by atoms with Crippen LogP contribution in [0.5, 0.6) is 0 Å². The first-order valence-electron chi connectivity index (χ1n) is 6.41. The lowest BCUT2D eigenvalue weighted by Gasteiger charge is -2.32. The average Bonchev–Trinajstić information content (AvgIpc) is 2.93. The Morgan fingerprint density at radius 3 is 2.85 bits per heavy atom. The molecule has 2 N–H and O–H groups in total. The van der Waals surface area contributed by atoms with E-state index in [9.17, 15) is 8.42 Å². The maximum atomic E-state index is 12.1. The summed E-state index contributed by atoms with van der Waals surface area (Å²) in [6.07, 6.45) is 0.859. The van der Waals surface area contributed by atoms with Crippen molar-refractivity contribution in [2.75, 3.05) is 5.75 Å². The second-order valence-corrected chi connectivity index (χ2v) is 6.98. The zero-order valence-electron chi connectivity index (χ0n) is 11.0. The standard InChI is InChI=1S/C13H15N3O3S/c1-2-11-15-12(16-19-11)13(14)7-8-20(17,18)10-6-4-3-5-9(10)13/h3-6H,2,7-8,14H2,1H3. The quantitative estimate of drug-likeness (QED) is 0.887. The van der Waals surface area contributed by atoms with Crippen LogP contribution in [-0.4, -0.2) is 24.3 Å². The molecule has 7 heteroatoms. The minimum absolute atomic E-state index is 0.0173. The summed E-state index contributed by atoms with van der Waals surface area (Å²) in [5.41, 5.74) is 5.95. The fourth-order valence-electron chi connectivity index (χ4n) is 2.46. The molecule has 3 rings (SSSR count). The largest absolute Gasteiger partial charge is 0.339 e. The second-order valence-electron chi connectivity index (χ2n) is 4.90. The summed E-state index contributed by atoms with van der Waals surface area (Å²) in [4.78, 5) is 4.53. The van der Waals surface area contributed by atoms with Gasteiger partial charge in [-0.2, -0.15) is 4.98 Å². The van der Waals surface area contributed by atoms with E-state index in [0.29, 0.717) is 23.7 Å². The van der Waals surface area contributed by atoms with E-state index < -0.39 is 15.4 Å². The number of nitrogens with zero attached hydrogens (tertiary/aromatic N) is 2. The summed E-state index contributed by atoms with van der Waals surface area (Å²) in [5, 5.41) is 3.92. The van der Waals surface area contributed by atoms with Gasteiger partial charge in [0.15, 0.2) is 15.7 Å². The molecule has 1 aromatic heterocycles. The van der Waals surface area contributed by atoms with E-state index in [1.165, 1.54) is 0 Å². The number of sulfone groups is 1. The summed E-state index contributed by atoms with van der Waals surface area (Å²) in [6, 6.07) is 6.75. The lowest BCUT2D eigenvalue weighted by molar-refractivity contribution is 0.358. The molecule has 0 radical (unpaired) electrons. The molecule has 0 saturated carbocycles. The fourth-order valence-corrected chi connectivity index (χ4v) is 4.14. The Balaban J connectivity index is 2.20. The van der Waals surface area contributed by atoms with Crippen LogP contribution < -0.4 is 5.73 Å². The van der Waals surface area contributed by atoms with Gasteiger partial charge in [0.05, 0.1) is 10.6 Å². The molecule has 1 unspecified atom stereocenters. The van der Waals surface area contributed by atoms with Crippen LogP contribution in [0.4, 0.5) is 0 Å². The van der Waals surface area contributed by atoms with Gasteiger partial charge in [0.1, 0.15) is 5.54 Å². The van der Waals surface area contributed by atoms with Gasteiger partial charge in [-0.3, -0.25) is 0 Å². The van der Waals surface area contributed by atoms with E-state index in [4.69, 9.17) is 10.3 Å². The first-order valence-corrected chi connectivity index (χ1v) is 8.07. The molecule has 2 aromatic rings. The van der Waals surface area contributed by atoms with Crippen molar-refractivity contribution in [2.24, 2.45) is 5.73 Å². The third-order valence-electron chi connectivity index (χ3n) is 3.64. The fraction of sp³-hybridized carbons (Fsp3) is 0.385. The Morgan fingerprint density at radius 1 is 1.40 bits per heavy atom. The molecular weight excluding hydrogens is 278 g/mol. The number of nitrogens with two attached hydrogens (primary N) is 1. The minimum atomic E-state index is -3.29. The van der Waals surface area contributed by atoms with Gasteiger partial charge in [0.2, 0.25) is 5.89 Å². The first kappa shape index (κ1) is 13.3. The molecule has 0 aliphatic carbocycles. The summed E-state index contributed by atoms with van der Waals surface area (Å²) in [7, 11) is -3.29. The number of hydrogen-bond donors (Lipinski definition) is 1. The highest BCUT2D eigenvalue weighted by Crippen LogP contribution is 2.38. The molecule has 0 amide bonds. The van der Waals surface area contributed by atoms with Gasteiger partial charge in [-0.05, 0) is 18.1 Å². The summed E-state index contributed by atoms with van der Waals surface area (Å²) < 4.78 is 29.4. The summed E-state index contributed by atoms with van der Waals surface area (Å²) in [6.45, 7) is 1.90. The van der Waals surface area contributed by atoms with E-state index in [1.807, 2.05) is 6.92 Å². The number of aryl methyl sites for hydroxylation is 1. The molecule has 0 bridgehead atoms. The van der Waals surface area contributed by atoms with Gasteiger partial charge >= 0.3 is 0 Å². The Labute approximate surface area is 116 Å². The van der Waals surface area contributed by atoms with Crippen LogP contribution in [0.25, 0.3) is 0 Å². The van der Waals surface area contributed by atoms with Gasteiger partial charge in [-0.1, -0.05) is 30.3 Å². The topological polar surface area (TPSA) is 99.1 Å². The predicted molar refractivity (Wildman–Crippen MR) is 71.8 cm³/mol. The lowest BCUT2D eigenvalue weighted by atomic mass is 9.87. The monoisotopic (exact) mass is 293 g/mol. The average molecular weight is 293 g/mol. The molecule has 0 saturated heterocycles. The molecule has 0 spiro atoms. The molecule has 1 aliphatic rings. The molecule has 1 aliphatic heterocycles. The van der Waals surface area contributed by atoms with Crippen molar-refractivity contribution in [3.8, 4) is 0 Å². The number of aromatic nitrogens is 2. The first-order chi connectivity index (χ1) is 9.47.